The highest BCUT2D eigenvalue weighted by atomic mass is 35.5. The summed E-state index contributed by atoms with van der Waals surface area (Å²) in [7, 11) is 1.62. The van der Waals surface area contributed by atoms with Crippen molar-refractivity contribution in [1.29, 1.82) is 5.26 Å². The van der Waals surface area contributed by atoms with E-state index in [2.05, 4.69) is 11.4 Å². The number of ether oxygens (including phenoxy) is 1. The van der Waals surface area contributed by atoms with E-state index in [1.54, 1.807) is 31.5 Å². The number of nitriles is 1. The minimum absolute atomic E-state index is 0.431. The van der Waals surface area contributed by atoms with E-state index in [0.29, 0.717) is 21.2 Å². The van der Waals surface area contributed by atoms with Gasteiger partial charge in [-0.2, -0.15) is 5.26 Å². The number of anilines is 1. The molecule has 0 bridgehead atoms. The van der Waals surface area contributed by atoms with E-state index in [1.807, 2.05) is 24.3 Å². The average molecular weight is 319 g/mol. The predicted octanol–water partition coefficient (Wildman–Crippen LogP) is 4.96. The molecule has 0 atom stereocenters. The third-order valence-corrected chi connectivity index (χ3v) is 3.34. The van der Waals surface area contributed by atoms with Crippen LogP contribution < -0.4 is 10.1 Å². The van der Waals surface area contributed by atoms with Crippen LogP contribution >= 0.6 is 23.2 Å². The molecule has 2 rings (SSSR count). The summed E-state index contributed by atoms with van der Waals surface area (Å²) in [6, 6.07) is 12.7. The van der Waals surface area contributed by atoms with Gasteiger partial charge in [-0.15, -0.1) is 0 Å². The van der Waals surface area contributed by atoms with Crippen molar-refractivity contribution < 1.29 is 4.74 Å². The predicted molar refractivity (Wildman–Crippen MR) is 86.8 cm³/mol. The van der Waals surface area contributed by atoms with Gasteiger partial charge in [-0.05, 0) is 42.5 Å². The first kappa shape index (κ1) is 15.2. The van der Waals surface area contributed by atoms with Crippen LogP contribution in [0.3, 0.4) is 0 Å². The average Bonchev–Trinajstić information content (AvgIpc) is 2.49. The Hall–Kier alpha value is -2.15. The molecule has 0 spiro atoms. The molecule has 2 aromatic carbocycles. The molecule has 21 heavy (non-hydrogen) atoms. The van der Waals surface area contributed by atoms with Gasteiger partial charge in [0.2, 0.25) is 0 Å². The Morgan fingerprint density at radius 3 is 2.52 bits per heavy atom. The van der Waals surface area contributed by atoms with Gasteiger partial charge in [-0.3, -0.25) is 0 Å². The zero-order valence-corrected chi connectivity index (χ0v) is 12.7. The minimum Gasteiger partial charge on any atom is -0.497 e. The molecule has 1 N–H and O–H groups in total. The molecule has 0 aliphatic heterocycles. The second-order valence-electron chi connectivity index (χ2n) is 4.17. The molecule has 0 amide bonds. The van der Waals surface area contributed by atoms with E-state index in [9.17, 15) is 0 Å². The number of hydrogen-bond acceptors (Lipinski definition) is 3. The Morgan fingerprint density at radius 2 is 1.90 bits per heavy atom. The number of benzene rings is 2. The number of nitrogens with zero attached hydrogens (tertiary/aromatic N) is 1. The van der Waals surface area contributed by atoms with Crippen molar-refractivity contribution in [3.05, 3.63) is 63.8 Å². The van der Waals surface area contributed by atoms with Crippen molar-refractivity contribution in [1.82, 2.24) is 0 Å². The quantitative estimate of drug-likeness (QED) is 0.866. The lowest BCUT2D eigenvalue weighted by molar-refractivity contribution is 0.415. The topological polar surface area (TPSA) is 45.0 Å². The summed E-state index contributed by atoms with van der Waals surface area (Å²) in [5, 5.41) is 13.1. The molecular formula is C16H12Cl2N2O. The first-order valence-corrected chi connectivity index (χ1v) is 6.86. The Bertz CT molecular complexity index is 703. The molecule has 0 saturated carbocycles. The summed E-state index contributed by atoms with van der Waals surface area (Å²) in [5.74, 6) is 0.789. The second kappa shape index (κ2) is 7.03. The van der Waals surface area contributed by atoms with Crippen LogP contribution in [0.2, 0.25) is 10.0 Å². The summed E-state index contributed by atoms with van der Waals surface area (Å²) in [4.78, 5) is 0. The molecule has 0 unspecified atom stereocenters. The van der Waals surface area contributed by atoms with Crippen molar-refractivity contribution in [2.24, 2.45) is 0 Å². The maximum Gasteiger partial charge on any atom is 0.119 e. The van der Waals surface area contributed by atoms with Gasteiger partial charge in [0.05, 0.1) is 23.8 Å². The van der Waals surface area contributed by atoms with Crippen molar-refractivity contribution >= 4 is 35.0 Å². The molecular weight excluding hydrogens is 307 g/mol. The standard InChI is InChI=1S/C16H12Cl2N2O/c1-21-14-4-2-13(3-5-14)20-7-6-15-11(10-19)8-12(17)9-16(15)18/h2-9,20H,1H3. The summed E-state index contributed by atoms with van der Waals surface area (Å²) >= 11 is 12.0. The van der Waals surface area contributed by atoms with E-state index >= 15 is 0 Å². The molecule has 3 nitrogen and oxygen atoms in total. The van der Waals surface area contributed by atoms with Gasteiger partial charge in [-0.1, -0.05) is 23.2 Å². The van der Waals surface area contributed by atoms with Crippen molar-refractivity contribution in [3.8, 4) is 11.8 Å². The lowest BCUT2D eigenvalue weighted by Gasteiger charge is -2.05. The van der Waals surface area contributed by atoms with Gasteiger partial charge in [0.25, 0.3) is 0 Å². The van der Waals surface area contributed by atoms with Gasteiger partial charge >= 0.3 is 0 Å². The van der Waals surface area contributed by atoms with E-state index in [1.165, 1.54) is 0 Å². The summed E-state index contributed by atoms with van der Waals surface area (Å²) in [6.07, 6.45) is 3.46. The highest BCUT2D eigenvalue weighted by molar-refractivity contribution is 6.35. The van der Waals surface area contributed by atoms with Crippen LogP contribution in [0.1, 0.15) is 11.1 Å². The molecule has 0 aliphatic rings. The van der Waals surface area contributed by atoms with Crippen LogP contribution in [0.5, 0.6) is 5.75 Å². The molecule has 0 saturated heterocycles. The minimum atomic E-state index is 0.431. The number of nitrogens with one attached hydrogen (secondary N) is 1. The number of rotatable bonds is 4. The first-order chi connectivity index (χ1) is 10.1. The zero-order valence-electron chi connectivity index (χ0n) is 11.2. The number of halogens is 2. The molecule has 0 fully saturated rings. The Morgan fingerprint density at radius 1 is 1.19 bits per heavy atom. The van der Waals surface area contributed by atoms with Gasteiger partial charge < -0.3 is 10.1 Å². The highest BCUT2D eigenvalue weighted by Gasteiger charge is 2.06. The number of methoxy groups -OCH3 is 1. The maximum absolute atomic E-state index is 9.11. The van der Waals surface area contributed by atoms with Crippen LogP contribution in [-0.4, -0.2) is 7.11 Å². The summed E-state index contributed by atoms with van der Waals surface area (Å²) in [6.45, 7) is 0. The molecule has 106 valence electrons. The van der Waals surface area contributed by atoms with Gasteiger partial charge in [0, 0.05) is 22.5 Å². The van der Waals surface area contributed by atoms with E-state index in [-0.39, 0.29) is 0 Å². The van der Waals surface area contributed by atoms with E-state index in [0.717, 1.165) is 11.4 Å². The largest absolute Gasteiger partial charge is 0.497 e. The monoisotopic (exact) mass is 318 g/mol. The lowest BCUT2D eigenvalue weighted by Crippen LogP contribution is -1.90. The van der Waals surface area contributed by atoms with Crippen molar-refractivity contribution in [2.75, 3.05) is 12.4 Å². The van der Waals surface area contributed by atoms with Crippen LogP contribution in [0, 0.1) is 11.3 Å². The number of hydrogen-bond donors (Lipinski definition) is 1. The molecule has 2 aromatic rings. The molecule has 0 heterocycles. The fourth-order valence-electron chi connectivity index (χ4n) is 1.76. The Labute approximate surface area is 133 Å². The molecule has 0 radical (unpaired) electrons. The zero-order chi connectivity index (χ0) is 15.2. The summed E-state index contributed by atoms with van der Waals surface area (Å²) < 4.78 is 5.09. The normalized spacial score (nSPS) is 10.4. The van der Waals surface area contributed by atoms with E-state index < -0.39 is 0 Å². The van der Waals surface area contributed by atoms with Crippen LogP contribution in [0.15, 0.2) is 42.6 Å². The summed E-state index contributed by atoms with van der Waals surface area (Å²) in [5.41, 5.74) is 1.96. The fraction of sp³-hybridized carbons (Fsp3) is 0.0625. The van der Waals surface area contributed by atoms with Crippen LogP contribution in [0.25, 0.3) is 6.08 Å². The molecule has 5 heteroatoms. The van der Waals surface area contributed by atoms with Crippen LogP contribution in [0.4, 0.5) is 5.69 Å². The molecule has 0 aromatic heterocycles. The maximum atomic E-state index is 9.11. The van der Waals surface area contributed by atoms with Gasteiger partial charge in [0.15, 0.2) is 0 Å². The first-order valence-electron chi connectivity index (χ1n) is 6.10. The third kappa shape index (κ3) is 3.91. The fourth-order valence-corrected chi connectivity index (χ4v) is 2.31. The van der Waals surface area contributed by atoms with Crippen molar-refractivity contribution in [2.45, 2.75) is 0 Å². The Balaban J connectivity index is 2.16. The molecule has 0 aliphatic carbocycles. The SMILES string of the molecule is COc1ccc(NC=Cc2c(Cl)cc(Cl)cc2C#N)cc1. The lowest BCUT2D eigenvalue weighted by atomic mass is 10.1. The van der Waals surface area contributed by atoms with Gasteiger partial charge in [0.1, 0.15) is 5.75 Å². The van der Waals surface area contributed by atoms with E-state index in [4.69, 9.17) is 33.2 Å². The third-order valence-electron chi connectivity index (χ3n) is 2.80. The Kier molecular flexibility index (Phi) is 5.10. The van der Waals surface area contributed by atoms with Crippen LogP contribution in [-0.2, 0) is 0 Å². The smallest absolute Gasteiger partial charge is 0.119 e. The van der Waals surface area contributed by atoms with Gasteiger partial charge in [-0.25, -0.2) is 0 Å². The highest BCUT2D eigenvalue weighted by Crippen LogP contribution is 2.26. The van der Waals surface area contributed by atoms with Crippen molar-refractivity contribution in [3.63, 3.8) is 0 Å². The second-order valence-corrected chi connectivity index (χ2v) is 5.01.